The molecule has 4 aromatic rings. The minimum Gasteiger partial charge on any atom is -0.494 e. The lowest BCUT2D eigenvalue weighted by Gasteiger charge is -2.10. The Labute approximate surface area is 192 Å². The fraction of sp³-hybridized carbons (Fsp3) is 0.0870. The number of amides is 1. The largest absolute Gasteiger partial charge is 0.494 e. The van der Waals surface area contributed by atoms with Crippen molar-refractivity contribution in [3.8, 4) is 17.2 Å². The van der Waals surface area contributed by atoms with Crippen molar-refractivity contribution >= 4 is 56.0 Å². The third-order valence-electron chi connectivity index (χ3n) is 4.35. The zero-order chi connectivity index (χ0) is 21.8. The average Bonchev–Trinajstić information content (AvgIpc) is 3.17. The number of thiocarbonyl (C=S) groups is 1. The molecule has 1 amide bonds. The highest BCUT2D eigenvalue weighted by Crippen LogP contribution is 2.27. The number of ether oxygens (including phenoxy) is 1. The van der Waals surface area contributed by atoms with E-state index in [-0.39, 0.29) is 11.0 Å². The molecule has 6 nitrogen and oxygen atoms in total. The lowest BCUT2D eigenvalue weighted by Crippen LogP contribution is -2.34. The molecule has 0 radical (unpaired) electrons. The topological polar surface area (TPSA) is 76.4 Å². The molecule has 3 aromatic carbocycles. The maximum atomic E-state index is 12.5. The van der Waals surface area contributed by atoms with Gasteiger partial charge in [-0.3, -0.25) is 10.1 Å². The predicted molar refractivity (Wildman–Crippen MR) is 128 cm³/mol. The fourth-order valence-electron chi connectivity index (χ4n) is 2.98. The second-order valence-electron chi connectivity index (χ2n) is 6.58. The molecule has 0 aliphatic carbocycles. The van der Waals surface area contributed by atoms with E-state index in [4.69, 9.17) is 21.4 Å². The van der Waals surface area contributed by atoms with Crippen LogP contribution in [0.1, 0.15) is 17.3 Å². The molecule has 0 spiro atoms. The lowest BCUT2D eigenvalue weighted by atomic mass is 10.2. The normalized spacial score (nSPS) is 10.6. The van der Waals surface area contributed by atoms with Gasteiger partial charge in [0, 0.05) is 21.3 Å². The maximum absolute atomic E-state index is 12.5. The monoisotopic (exact) mass is 495 g/mol. The Morgan fingerprint density at radius 1 is 1.13 bits per heavy atom. The van der Waals surface area contributed by atoms with Crippen molar-refractivity contribution in [2.24, 2.45) is 0 Å². The summed E-state index contributed by atoms with van der Waals surface area (Å²) in [6.07, 6.45) is 0. The van der Waals surface area contributed by atoms with Gasteiger partial charge in [-0.15, -0.1) is 0 Å². The number of rotatable bonds is 5. The smallest absolute Gasteiger partial charge is 0.257 e. The number of carbonyl (C=O) groups excluding carboxylic acids is 1. The third-order valence-corrected chi connectivity index (χ3v) is 5.05. The molecule has 4 rings (SSSR count). The van der Waals surface area contributed by atoms with Crippen LogP contribution in [0.5, 0.6) is 5.75 Å². The summed E-state index contributed by atoms with van der Waals surface area (Å²) in [7, 11) is 0. The van der Waals surface area contributed by atoms with Gasteiger partial charge >= 0.3 is 0 Å². The molecular formula is C23H18BrN3O3S. The van der Waals surface area contributed by atoms with Gasteiger partial charge in [0.2, 0.25) is 5.89 Å². The summed E-state index contributed by atoms with van der Waals surface area (Å²) >= 11 is 8.75. The van der Waals surface area contributed by atoms with Crippen LogP contribution in [0.25, 0.3) is 22.6 Å². The first-order valence-electron chi connectivity index (χ1n) is 9.53. The molecule has 0 saturated carbocycles. The van der Waals surface area contributed by atoms with E-state index in [9.17, 15) is 4.79 Å². The first-order chi connectivity index (χ1) is 15.0. The molecule has 0 unspecified atom stereocenters. The van der Waals surface area contributed by atoms with E-state index in [1.165, 1.54) is 0 Å². The van der Waals surface area contributed by atoms with E-state index < -0.39 is 0 Å². The Bertz CT molecular complexity index is 1270. The predicted octanol–water partition coefficient (Wildman–Crippen LogP) is 5.78. The van der Waals surface area contributed by atoms with Gasteiger partial charge in [-0.05, 0) is 73.7 Å². The molecule has 156 valence electrons. The van der Waals surface area contributed by atoms with E-state index in [0.29, 0.717) is 40.6 Å². The number of anilines is 1. The number of hydrogen-bond acceptors (Lipinski definition) is 5. The standard InChI is InChI=1S/C23H18BrN3O3S/c1-2-29-18-8-4-5-14(12-18)21(28)27-23(31)25-17-9-10-20-19(13-17)26-22(30-20)15-6-3-7-16(24)11-15/h3-13H,2H2,1H3,(H2,25,27,28,31). The maximum Gasteiger partial charge on any atom is 0.257 e. The number of hydrogen-bond donors (Lipinski definition) is 2. The Hall–Kier alpha value is -3.23. The number of oxazole rings is 1. The molecule has 0 aliphatic heterocycles. The van der Waals surface area contributed by atoms with Crippen LogP contribution in [0, 0.1) is 0 Å². The molecule has 1 aromatic heterocycles. The number of carbonyl (C=O) groups is 1. The van der Waals surface area contributed by atoms with Crippen molar-refractivity contribution in [1.29, 1.82) is 0 Å². The summed E-state index contributed by atoms with van der Waals surface area (Å²) in [6.45, 7) is 2.41. The van der Waals surface area contributed by atoms with E-state index >= 15 is 0 Å². The van der Waals surface area contributed by atoms with E-state index in [1.807, 2.05) is 49.4 Å². The van der Waals surface area contributed by atoms with Gasteiger partial charge in [0.25, 0.3) is 5.91 Å². The van der Waals surface area contributed by atoms with Gasteiger partial charge in [-0.25, -0.2) is 4.98 Å². The highest BCUT2D eigenvalue weighted by Gasteiger charge is 2.12. The third kappa shape index (κ3) is 5.10. The molecule has 8 heteroatoms. The van der Waals surface area contributed by atoms with Gasteiger partial charge in [-0.2, -0.15) is 0 Å². The summed E-state index contributed by atoms with van der Waals surface area (Å²) in [5.74, 6) is 0.837. The van der Waals surface area contributed by atoms with Crippen molar-refractivity contribution in [2.75, 3.05) is 11.9 Å². The second kappa shape index (κ2) is 9.28. The minimum atomic E-state index is -0.321. The molecule has 0 atom stereocenters. The van der Waals surface area contributed by atoms with Gasteiger partial charge in [-0.1, -0.05) is 28.1 Å². The highest BCUT2D eigenvalue weighted by molar-refractivity contribution is 9.10. The van der Waals surface area contributed by atoms with Crippen LogP contribution in [0.4, 0.5) is 5.69 Å². The highest BCUT2D eigenvalue weighted by atomic mass is 79.9. The van der Waals surface area contributed by atoms with Crippen molar-refractivity contribution in [3.63, 3.8) is 0 Å². The molecule has 0 bridgehead atoms. The zero-order valence-electron chi connectivity index (χ0n) is 16.5. The van der Waals surface area contributed by atoms with Crippen molar-refractivity contribution in [3.05, 3.63) is 76.8 Å². The van der Waals surface area contributed by atoms with Gasteiger partial charge in [0.15, 0.2) is 10.7 Å². The Morgan fingerprint density at radius 2 is 1.97 bits per heavy atom. The van der Waals surface area contributed by atoms with Crippen LogP contribution >= 0.6 is 28.1 Å². The molecular weight excluding hydrogens is 478 g/mol. The number of aromatic nitrogens is 1. The molecule has 1 heterocycles. The Balaban J connectivity index is 1.46. The quantitative estimate of drug-likeness (QED) is 0.341. The fourth-order valence-corrected chi connectivity index (χ4v) is 3.59. The lowest BCUT2D eigenvalue weighted by molar-refractivity contribution is 0.0977. The Morgan fingerprint density at radius 3 is 2.77 bits per heavy atom. The average molecular weight is 496 g/mol. The van der Waals surface area contributed by atoms with Crippen LogP contribution in [0.15, 0.2) is 75.6 Å². The van der Waals surface area contributed by atoms with Crippen LogP contribution in [-0.4, -0.2) is 22.6 Å². The first kappa shape index (κ1) is 21.0. The molecule has 0 fully saturated rings. The molecule has 0 aliphatic rings. The molecule has 31 heavy (non-hydrogen) atoms. The SMILES string of the molecule is CCOc1cccc(C(=O)NC(=S)Nc2ccc3oc(-c4cccc(Br)c4)nc3c2)c1. The van der Waals surface area contributed by atoms with Crippen molar-refractivity contribution < 1.29 is 13.9 Å². The van der Waals surface area contributed by atoms with E-state index in [0.717, 1.165) is 10.0 Å². The van der Waals surface area contributed by atoms with E-state index in [2.05, 4.69) is 31.5 Å². The summed E-state index contributed by atoms with van der Waals surface area (Å²) < 4.78 is 12.2. The van der Waals surface area contributed by atoms with Crippen molar-refractivity contribution in [2.45, 2.75) is 6.92 Å². The number of benzene rings is 3. The summed E-state index contributed by atoms with van der Waals surface area (Å²) in [6, 6.07) is 20.1. The summed E-state index contributed by atoms with van der Waals surface area (Å²) in [4.78, 5) is 17.0. The van der Waals surface area contributed by atoms with Crippen LogP contribution in [0.2, 0.25) is 0 Å². The Kier molecular flexibility index (Phi) is 6.29. The summed E-state index contributed by atoms with van der Waals surface area (Å²) in [5.41, 5.74) is 3.36. The van der Waals surface area contributed by atoms with E-state index in [1.54, 1.807) is 24.3 Å². The number of nitrogens with one attached hydrogen (secondary N) is 2. The minimum absolute atomic E-state index is 0.182. The first-order valence-corrected chi connectivity index (χ1v) is 10.7. The van der Waals surface area contributed by atoms with Crippen LogP contribution in [0.3, 0.4) is 0 Å². The van der Waals surface area contributed by atoms with Gasteiger partial charge in [0.05, 0.1) is 6.61 Å². The van der Waals surface area contributed by atoms with Crippen LogP contribution in [-0.2, 0) is 0 Å². The second-order valence-corrected chi connectivity index (χ2v) is 7.90. The number of halogens is 1. The summed E-state index contributed by atoms with van der Waals surface area (Å²) in [5, 5.41) is 5.87. The van der Waals surface area contributed by atoms with Gasteiger partial charge in [0.1, 0.15) is 11.3 Å². The number of fused-ring (bicyclic) bond motifs is 1. The van der Waals surface area contributed by atoms with Gasteiger partial charge < -0.3 is 14.5 Å². The molecule has 0 saturated heterocycles. The zero-order valence-corrected chi connectivity index (χ0v) is 18.9. The number of nitrogens with zero attached hydrogens (tertiary/aromatic N) is 1. The van der Waals surface area contributed by atoms with Crippen LogP contribution < -0.4 is 15.4 Å². The molecule has 2 N–H and O–H groups in total. The van der Waals surface area contributed by atoms with Crippen molar-refractivity contribution in [1.82, 2.24) is 10.3 Å².